The molecule has 1 aliphatic rings. The molecule has 0 atom stereocenters. The number of ether oxygens (including phenoxy) is 1. The highest BCUT2D eigenvalue weighted by Gasteiger charge is 2.23. The summed E-state index contributed by atoms with van der Waals surface area (Å²) in [5.41, 5.74) is 7.60. The van der Waals surface area contributed by atoms with Gasteiger partial charge in [0.15, 0.2) is 0 Å². The van der Waals surface area contributed by atoms with Gasteiger partial charge in [-0.15, -0.1) is 0 Å². The van der Waals surface area contributed by atoms with Crippen molar-refractivity contribution < 1.29 is 4.74 Å². The number of benzene rings is 1. The standard InChI is InChI=1S/C10H13NO/c1-7-6-9(4-5-10(7)11)12-8-2-3-8/h4-6,8H,2-3,11H2,1H3. The molecular formula is C10H13NO. The molecule has 0 unspecified atom stereocenters. The molecule has 1 aromatic carbocycles. The van der Waals surface area contributed by atoms with Crippen molar-refractivity contribution in [3.05, 3.63) is 23.8 Å². The molecule has 2 rings (SSSR count). The second-order valence-electron chi connectivity index (χ2n) is 3.34. The van der Waals surface area contributed by atoms with E-state index in [2.05, 4.69) is 0 Å². The van der Waals surface area contributed by atoms with Gasteiger partial charge in [-0.3, -0.25) is 0 Å². The Bertz CT molecular complexity index is 292. The van der Waals surface area contributed by atoms with Crippen molar-refractivity contribution in [2.24, 2.45) is 0 Å². The summed E-state index contributed by atoms with van der Waals surface area (Å²) in [5, 5.41) is 0. The molecule has 1 fully saturated rings. The molecule has 0 aromatic heterocycles. The number of hydrogen-bond donors (Lipinski definition) is 1. The number of nitrogen functional groups attached to an aromatic ring is 1. The van der Waals surface area contributed by atoms with Crippen LogP contribution in [0.1, 0.15) is 18.4 Å². The first-order valence-corrected chi connectivity index (χ1v) is 4.28. The summed E-state index contributed by atoms with van der Waals surface area (Å²) in [4.78, 5) is 0. The topological polar surface area (TPSA) is 35.2 Å². The van der Waals surface area contributed by atoms with Crippen molar-refractivity contribution in [1.82, 2.24) is 0 Å². The van der Waals surface area contributed by atoms with Crippen LogP contribution < -0.4 is 10.5 Å². The lowest BCUT2D eigenvalue weighted by Crippen LogP contribution is -1.97. The summed E-state index contributed by atoms with van der Waals surface area (Å²) < 4.78 is 5.61. The Morgan fingerprint density at radius 2 is 2.17 bits per heavy atom. The van der Waals surface area contributed by atoms with Crippen molar-refractivity contribution in [3.8, 4) is 5.75 Å². The van der Waals surface area contributed by atoms with Gasteiger partial charge in [-0.1, -0.05) is 0 Å². The zero-order valence-corrected chi connectivity index (χ0v) is 7.21. The van der Waals surface area contributed by atoms with Gasteiger partial charge in [0, 0.05) is 5.69 Å². The Balaban J connectivity index is 2.15. The minimum atomic E-state index is 0.466. The van der Waals surface area contributed by atoms with E-state index in [1.807, 2.05) is 25.1 Å². The lowest BCUT2D eigenvalue weighted by atomic mass is 10.2. The molecule has 0 saturated heterocycles. The van der Waals surface area contributed by atoms with Crippen molar-refractivity contribution >= 4 is 5.69 Å². The normalized spacial score (nSPS) is 16.1. The first-order valence-electron chi connectivity index (χ1n) is 4.28. The minimum absolute atomic E-state index is 0.466. The van der Waals surface area contributed by atoms with Crippen LogP contribution in [0.15, 0.2) is 18.2 Å². The van der Waals surface area contributed by atoms with Gasteiger partial charge in [-0.05, 0) is 43.5 Å². The number of hydrogen-bond acceptors (Lipinski definition) is 2. The number of rotatable bonds is 2. The summed E-state index contributed by atoms with van der Waals surface area (Å²) in [6.45, 7) is 2.00. The number of aryl methyl sites for hydroxylation is 1. The average molecular weight is 163 g/mol. The third kappa shape index (κ3) is 1.52. The maximum Gasteiger partial charge on any atom is 0.120 e. The Hall–Kier alpha value is -1.18. The fourth-order valence-electron chi connectivity index (χ4n) is 1.10. The molecule has 1 saturated carbocycles. The van der Waals surface area contributed by atoms with Crippen LogP contribution in [0.5, 0.6) is 5.75 Å². The monoisotopic (exact) mass is 163 g/mol. The van der Waals surface area contributed by atoms with Gasteiger partial charge in [0.25, 0.3) is 0 Å². The maximum absolute atomic E-state index is 5.68. The Morgan fingerprint density at radius 3 is 2.75 bits per heavy atom. The van der Waals surface area contributed by atoms with Crippen molar-refractivity contribution in [3.63, 3.8) is 0 Å². The number of nitrogens with two attached hydrogens (primary N) is 1. The van der Waals surface area contributed by atoms with Crippen LogP contribution in [0, 0.1) is 6.92 Å². The van der Waals surface area contributed by atoms with E-state index < -0.39 is 0 Å². The lowest BCUT2D eigenvalue weighted by molar-refractivity contribution is 0.303. The Kier molecular flexibility index (Phi) is 1.68. The molecule has 0 bridgehead atoms. The van der Waals surface area contributed by atoms with Crippen molar-refractivity contribution in [2.75, 3.05) is 5.73 Å². The van der Waals surface area contributed by atoms with E-state index in [1.165, 1.54) is 12.8 Å². The summed E-state index contributed by atoms with van der Waals surface area (Å²) >= 11 is 0. The van der Waals surface area contributed by atoms with E-state index in [0.717, 1.165) is 17.0 Å². The zero-order valence-electron chi connectivity index (χ0n) is 7.21. The zero-order chi connectivity index (χ0) is 8.55. The van der Waals surface area contributed by atoms with Gasteiger partial charge in [0.2, 0.25) is 0 Å². The summed E-state index contributed by atoms with van der Waals surface area (Å²) in [6.07, 6.45) is 2.86. The van der Waals surface area contributed by atoms with Crippen LogP contribution in [0.25, 0.3) is 0 Å². The molecule has 64 valence electrons. The van der Waals surface area contributed by atoms with Crippen LogP contribution in [0.3, 0.4) is 0 Å². The van der Waals surface area contributed by atoms with Crippen LogP contribution >= 0.6 is 0 Å². The molecule has 2 nitrogen and oxygen atoms in total. The predicted octanol–water partition coefficient (Wildman–Crippen LogP) is 2.12. The molecular weight excluding hydrogens is 150 g/mol. The molecule has 1 aliphatic carbocycles. The summed E-state index contributed by atoms with van der Waals surface area (Å²) in [7, 11) is 0. The highest BCUT2D eigenvalue weighted by Crippen LogP contribution is 2.28. The fraction of sp³-hybridized carbons (Fsp3) is 0.400. The van der Waals surface area contributed by atoms with E-state index in [0.29, 0.717) is 6.10 Å². The predicted molar refractivity (Wildman–Crippen MR) is 49.2 cm³/mol. The molecule has 12 heavy (non-hydrogen) atoms. The third-order valence-corrected chi connectivity index (χ3v) is 2.07. The molecule has 2 N–H and O–H groups in total. The first-order chi connectivity index (χ1) is 5.75. The van der Waals surface area contributed by atoms with Crippen molar-refractivity contribution in [1.29, 1.82) is 0 Å². The van der Waals surface area contributed by atoms with E-state index >= 15 is 0 Å². The molecule has 0 amide bonds. The van der Waals surface area contributed by atoms with Gasteiger partial charge in [0.1, 0.15) is 5.75 Å². The van der Waals surface area contributed by atoms with Crippen LogP contribution in [-0.4, -0.2) is 6.10 Å². The Morgan fingerprint density at radius 1 is 1.42 bits per heavy atom. The largest absolute Gasteiger partial charge is 0.490 e. The average Bonchev–Trinajstić information content (AvgIpc) is 2.81. The second-order valence-corrected chi connectivity index (χ2v) is 3.34. The quantitative estimate of drug-likeness (QED) is 0.678. The highest BCUT2D eigenvalue weighted by atomic mass is 16.5. The third-order valence-electron chi connectivity index (χ3n) is 2.07. The summed E-state index contributed by atoms with van der Waals surface area (Å²) in [6, 6.07) is 5.82. The molecule has 0 aliphatic heterocycles. The molecule has 0 heterocycles. The lowest BCUT2D eigenvalue weighted by Gasteiger charge is -2.06. The van der Waals surface area contributed by atoms with Gasteiger partial charge in [0.05, 0.1) is 6.10 Å². The second kappa shape index (κ2) is 2.70. The van der Waals surface area contributed by atoms with Crippen LogP contribution in [0.2, 0.25) is 0 Å². The van der Waals surface area contributed by atoms with Crippen LogP contribution in [-0.2, 0) is 0 Å². The smallest absolute Gasteiger partial charge is 0.120 e. The Labute approximate surface area is 72.3 Å². The summed E-state index contributed by atoms with van der Waals surface area (Å²) in [5.74, 6) is 0.948. The van der Waals surface area contributed by atoms with Crippen molar-refractivity contribution in [2.45, 2.75) is 25.9 Å². The van der Waals surface area contributed by atoms with E-state index in [9.17, 15) is 0 Å². The van der Waals surface area contributed by atoms with E-state index in [-0.39, 0.29) is 0 Å². The first kappa shape index (κ1) is 7.47. The SMILES string of the molecule is Cc1cc(OC2CC2)ccc1N. The van der Waals surface area contributed by atoms with Crippen LogP contribution in [0.4, 0.5) is 5.69 Å². The highest BCUT2D eigenvalue weighted by molar-refractivity contribution is 5.49. The van der Waals surface area contributed by atoms with Gasteiger partial charge >= 0.3 is 0 Å². The molecule has 2 heteroatoms. The fourth-order valence-corrected chi connectivity index (χ4v) is 1.10. The molecule has 1 aromatic rings. The van der Waals surface area contributed by atoms with Gasteiger partial charge < -0.3 is 10.5 Å². The molecule has 0 radical (unpaired) electrons. The van der Waals surface area contributed by atoms with E-state index in [1.54, 1.807) is 0 Å². The molecule has 0 spiro atoms. The van der Waals surface area contributed by atoms with Gasteiger partial charge in [-0.25, -0.2) is 0 Å². The minimum Gasteiger partial charge on any atom is -0.490 e. The van der Waals surface area contributed by atoms with E-state index in [4.69, 9.17) is 10.5 Å². The number of anilines is 1. The van der Waals surface area contributed by atoms with Gasteiger partial charge in [-0.2, -0.15) is 0 Å². The maximum atomic E-state index is 5.68.